The third-order valence-electron chi connectivity index (χ3n) is 5.34. The Hall–Kier alpha value is -3.69. The number of para-hydroxylation sites is 1. The number of aromatic nitrogens is 1. The predicted octanol–water partition coefficient (Wildman–Crippen LogP) is 5.33. The number of carbonyl (C=O) groups excluding carboxylic acids is 1. The molecule has 3 aromatic carbocycles. The lowest BCUT2D eigenvalue weighted by Gasteiger charge is -2.09. The fraction of sp³-hybridized carbons (Fsp3) is 0.115. The molecule has 0 aliphatic heterocycles. The van der Waals surface area contributed by atoms with E-state index in [9.17, 15) is 10.1 Å². The van der Waals surface area contributed by atoms with Crippen LogP contribution in [-0.4, -0.2) is 16.7 Å². The van der Waals surface area contributed by atoms with Crippen molar-refractivity contribution >= 4 is 39.0 Å². The molecular formula is C26H21BrN4O. The van der Waals surface area contributed by atoms with Crippen LogP contribution in [0.3, 0.4) is 0 Å². The molecule has 0 saturated carbocycles. The van der Waals surface area contributed by atoms with Gasteiger partial charge in [-0.15, -0.1) is 0 Å². The van der Waals surface area contributed by atoms with Gasteiger partial charge in [0.25, 0.3) is 0 Å². The minimum Gasteiger partial charge on any atom is -0.340 e. The highest BCUT2D eigenvalue weighted by molar-refractivity contribution is 9.10. The first-order valence-electron chi connectivity index (χ1n) is 10.2. The van der Waals surface area contributed by atoms with Crippen molar-refractivity contribution in [3.05, 3.63) is 105 Å². The van der Waals surface area contributed by atoms with Crippen molar-refractivity contribution in [2.45, 2.75) is 19.9 Å². The predicted molar refractivity (Wildman–Crippen MR) is 131 cm³/mol. The van der Waals surface area contributed by atoms with Crippen LogP contribution >= 0.6 is 15.9 Å². The van der Waals surface area contributed by atoms with Crippen LogP contribution in [0.4, 0.5) is 0 Å². The number of rotatable bonds is 6. The molecule has 32 heavy (non-hydrogen) atoms. The summed E-state index contributed by atoms with van der Waals surface area (Å²) in [6.45, 7) is 2.69. The molecule has 0 fully saturated rings. The first-order valence-corrected chi connectivity index (χ1v) is 11.0. The SMILES string of the molecule is Cc1c(/C=N/NC(=O)Cc2ccc(Br)cc2)c2ccccc2n1Cc1cccc(C#N)c1. The van der Waals surface area contributed by atoms with Crippen LogP contribution in [0.15, 0.2) is 82.4 Å². The Balaban J connectivity index is 1.56. The summed E-state index contributed by atoms with van der Waals surface area (Å²) in [5.74, 6) is -0.168. The molecule has 4 rings (SSSR count). The zero-order valence-corrected chi connectivity index (χ0v) is 19.1. The molecule has 0 atom stereocenters. The second kappa shape index (κ2) is 9.63. The van der Waals surface area contributed by atoms with Crippen molar-refractivity contribution in [2.75, 3.05) is 0 Å². The maximum absolute atomic E-state index is 12.3. The molecule has 0 aliphatic carbocycles. The number of amides is 1. The first kappa shape index (κ1) is 21.5. The Labute approximate surface area is 195 Å². The summed E-state index contributed by atoms with van der Waals surface area (Å²) >= 11 is 3.40. The van der Waals surface area contributed by atoms with Crippen molar-refractivity contribution in [3.8, 4) is 6.07 Å². The van der Waals surface area contributed by atoms with Gasteiger partial charge in [0.15, 0.2) is 0 Å². The van der Waals surface area contributed by atoms with E-state index in [4.69, 9.17) is 0 Å². The number of benzene rings is 3. The maximum atomic E-state index is 12.3. The van der Waals surface area contributed by atoms with Crippen molar-refractivity contribution in [3.63, 3.8) is 0 Å². The topological polar surface area (TPSA) is 70.2 Å². The average molecular weight is 485 g/mol. The molecule has 0 spiro atoms. The second-order valence-electron chi connectivity index (χ2n) is 7.51. The van der Waals surface area contributed by atoms with Crippen molar-refractivity contribution in [2.24, 2.45) is 5.10 Å². The molecule has 0 saturated heterocycles. The van der Waals surface area contributed by atoms with Crippen LogP contribution in [0.1, 0.15) is 27.9 Å². The van der Waals surface area contributed by atoms with Crippen LogP contribution in [0.25, 0.3) is 10.9 Å². The van der Waals surface area contributed by atoms with Gasteiger partial charge in [-0.05, 0) is 48.4 Å². The quantitative estimate of drug-likeness (QED) is 0.297. The van der Waals surface area contributed by atoms with E-state index in [-0.39, 0.29) is 12.3 Å². The lowest BCUT2D eigenvalue weighted by Crippen LogP contribution is -2.19. The van der Waals surface area contributed by atoms with E-state index in [2.05, 4.69) is 49.2 Å². The van der Waals surface area contributed by atoms with E-state index in [1.165, 1.54) is 0 Å². The molecule has 6 heteroatoms. The highest BCUT2D eigenvalue weighted by Gasteiger charge is 2.13. The Bertz CT molecular complexity index is 1350. The maximum Gasteiger partial charge on any atom is 0.244 e. The summed E-state index contributed by atoms with van der Waals surface area (Å²) in [6, 6.07) is 25.6. The Morgan fingerprint density at radius 1 is 1.09 bits per heavy atom. The van der Waals surface area contributed by atoms with E-state index in [0.717, 1.165) is 37.8 Å². The lowest BCUT2D eigenvalue weighted by atomic mass is 10.1. The second-order valence-corrected chi connectivity index (χ2v) is 8.43. The van der Waals surface area contributed by atoms with Gasteiger partial charge in [-0.2, -0.15) is 10.4 Å². The van der Waals surface area contributed by atoms with Gasteiger partial charge in [0.2, 0.25) is 5.91 Å². The minimum atomic E-state index is -0.168. The molecule has 0 unspecified atom stereocenters. The molecular weight excluding hydrogens is 464 g/mol. The molecule has 0 aliphatic rings. The van der Waals surface area contributed by atoms with Crippen LogP contribution in [0.5, 0.6) is 0 Å². The van der Waals surface area contributed by atoms with Crippen LogP contribution in [0, 0.1) is 18.3 Å². The van der Waals surface area contributed by atoms with E-state index in [1.54, 1.807) is 12.3 Å². The molecule has 4 aromatic rings. The third kappa shape index (κ3) is 4.79. The largest absolute Gasteiger partial charge is 0.340 e. The number of nitriles is 1. The number of hydrazone groups is 1. The Morgan fingerprint density at radius 3 is 2.66 bits per heavy atom. The highest BCUT2D eigenvalue weighted by Crippen LogP contribution is 2.25. The third-order valence-corrected chi connectivity index (χ3v) is 5.87. The number of hydrogen-bond acceptors (Lipinski definition) is 3. The number of hydrogen-bond donors (Lipinski definition) is 1. The van der Waals surface area contributed by atoms with E-state index in [1.807, 2.05) is 61.5 Å². The Kier molecular flexibility index (Phi) is 6.48. The molecule has 158 valence electrons. The zero-order chi connectivity index (χ0) is 22.5. The van der Waals surface area contributed by atoms with Gasteiger partial charge >= 0.3 is 0 Å². The Morgan fingerprint density at radius 2 is 1.88 bits per heavy atom. The molecule has 1 aromatic heterocycles. The monoisotopic (exact) mass is 484 g/mol. The van der Waals surface area contributed by atoms with Gasteiger partial charge in [0.1, 0.15) is 0 Å². The lowest BCUT2D eigenvalue weighted by molar-refractivity contribution is -0.120. The number of nitrogens with one attached hydrogen (secondary N) is 1. The van der Waals surface area contributed by atoms with Crippen molar-refractivity contribution < 1.29 is 4.79 Å². The summed E-state index contributed by atoms with van der Waals surface area (Å²) < 4.78 is 3.18. The van der Waals surface area contributed by atoms with Crippen molar-refractivity contribution in [1.29, 1.82) is 5.26 Å². The number of carbonyl (C=O) groups is 1. The normalized spacial score (nSPS) is 11.0. The summed E-state index contributed by atoms with van der Waals surface area (Å²) in [5, 5.41) is 14.5. The van der Waals surface area contributed by atoms with Gasteiger partial charge in [0.05, 0.1) is 24.3 Å². The van der Waals surface area contributed by atoms with Gasteiger partial charge in [-0.25, -0.2) is 5.43 Å². The van der Waals surface area contributed by atoms with Crippen LogP contribution in [0.2, 0.25) is 0 Å². The van der Waals surface area contributed by atoms with E-state index in [0.29, 0.717) is 12.1 Å². The summed E-state index contributed by atoms with van der Waals surface area (Å²) in [7, 11) is 0. The van der Waals surface area contributed by atoms with Gasteiger partial charge in [-0.1, -0.05) is 58.4 Å². The average Bonchev–Trinajstić information content (AvgIpc) is 3.07. The first-order chi connectivity index (χ1) is 15.5. The fourth-order valence-corrected chi connectivity index (χ4v) is 4.01. The highest BCUT2D eigenvalue weighted by atomic mass is 79.9. The summed E-state index contributed by atoms with van der Waals surface area (Å²) in [5.41, 5.74) is 8.34. The summed E-state index contributed by atoms with van der Waals surface area (Å²) in [6.07, 6.45) is 1.97. The zero-order valence-electron chi connectivity index (χ0n) is 17.5. The van der Waals surface area contributed by atoms with Crippen molar-refractivity contribution in [1.82, 2.24) is 9.99 Å². The minimum absolute atomic E-state index is 0.168. The molecule has 5 nitrogen and oxygen atoms in total. The van der Waals surface area contributed by atoms with Gasteiger partial charge < -0.3 is 4.57 Å². The van der Waals surface area contributed by atoms with E-state index >= 15 is 0 Å². The molecule has 1 heterocycles. The smallest absolute Gasteiger partial charge is 0.244 e. The van der Waals surface area contributed by atoms with Gasteiger partial charge in [0, 0.05) is 33.2 Å². The van der Waals surface area contributed by atoms with Crippen LogP contribution in [-0.2, 0) is 17.8 Å². The van der Waals surface area contributed by atoms with E-state index < -0.39 is 0 Å². The number of nitrogens with zero attached hydrogens (tertiary/aromatic N) is 3. The van der Waals surface area contributed by atoms with Crippen LogP contribution < -0.4 is 5.43 Å². The molecule has 0 radical (unpaired) electrons. The molecule has 1 N–H and O–H groups in total. The fourth-order valence-electron chi connectivity index (χ4n) is 3.74. The standard InChI is InChI=1S/C26H21BrN4O/c1-18-24(16-29-30-26(32)14-19-9-11-22(27)12-10-19)23-7-2-3-8-25(23)31(18)17-21-6-4-5-20(13-21)15-28/h2-13,16H,14,17H2,1H3,(H,30,32)/b29-16+. The summed E-state index contributed by atoms with van der Waals surface area (Å²) in [4.78, 5) is 12.3. The number of fused-ring (bicyclic) bond motifs is 1. The molecule has 1 amide bonds. The molecule has 0 bridgehead atoms. The number of halogens is 1. The van der Waals surface area contributed by atoms with Gasteiger partial charge in [-0.3, -0.25) is 4.79 Å².